The number of benzene rings is 1. The smallest absolute Gasteiger partial charge is 0.285 e. The van der Waals surface area contributed by atoms with Crippen molar-refractivity contribution in [2.45, 2.75) is 19.4 Å². The zero-order chi connectivity index (χ0) is 10.5. The first kappa shape index (κ1) is 10.0. The zero-order valence-electron chi connectivity index (χ0n) is 8.94. The quantitative estimate of drug-likeness (QED) is 0.818. The molecule has 1 N–H and O–H groups in total. The van der Waals surface area contributed by atoms with Gasteiger partial charge in [0.2, 0.25) is 0 Å². The maximum atomic E-state index is 5.35. The van der Waals surface area contributed by atoms with E-state index in [4.69, 9.17) is 4.74 Å². The Labute approximate surface area is 90.2 Å². The molecule has 1 aliphatic rings. The van der Waals surface area contributed by atoms with Crippen LogP contribution >= 0.6 is 0 Å². The molecular weight excluding hydrogens is 188 g/mol. The highest BCUT2D eigenvalue weighted by atomic mass is 16.5. The molecular formula is C12H16N2O. The SMILES string of the molecule is CCC(N=C1NCCO1)c1ccccc1. The third-order valence-electron chi connectivity index (χ3n) is 2.46. The fraction of sp³-hybridized carbons (Fsp3) is 0.417. The van der Waals surface area contributed by atoms with Crippen LogP contribution in [-0.4, -0.2) is 19.2 Å². The molecule has 1 aromatic carbocycles. The molecule has 3 heteroatoms. The van der Waals surface area contributed by atoms with E-state index < -0.39 is 0 Å². The van der Waals surface area contributed by atoms with E-state index in [0.29, 0.717) is 6.02 Å². The molecule has 1 heterocycles. The third kappa shape index (κ3) is 2.49. The molecule has 0 aromatic heterocycles. The van der Waals surface area contributed by atoms with Gasteiger partial charge < -0.3 is 10.1 Å². The van der Waals surface area contributed by atoms with Crippen molar-refractivity contribution in [1.29, 1.82) is 0 Å². The lowest BCUT2D eigenvalue weighted by atomic mass is 10.1. The van der Waals surface area contributed by atoms with Crippen LogP contribution in [0.2, 0.25) is 0 Å². The second-order valence-electron chi connectivity index (χ2n) is 3.54. The summed E-state index contributed by atoms with van der Waals surface area (Å²) in [5.41, 5.74) is 1.24. The summed E-state index contributed by atoms with van der Waals surface area (Å²) >= 11 is 0. The van der Waals surface area contributed by atoms with E-state index in [9.17, 15) is 0 Å². The molecule has 3 nitrogen and oxygen atoms in total. The molecule has 2 rings (SSSR count). The second kappa shape index (κ2) is 4.82. The lowest BCUT2D eigenvalue weighted by molar-refractivity contribution is 0.348. The predicted molar refractivity (Wildman–Crippen MR) is 60.9 cm³/mol. The van der Waals surface area contributed by atoms with Gasteiger partial charge in [0, 0.05) is 0 Å². The van der Waals surface area contributed by atoms with Crippen LogP contribution in [0, 0.1) is 0 Å². The van der Waals surface area contributed by atoms with Crippen LogP contribution in [0.3, 0.4) is 0 Å². The van der Waals surface area contributed by atoms with Gasteiger partial charge in [-0.2, -0.15) is 0 Å². The van der Waals surface area contributed by atoms with E-state index in [0.717, 1.165) is 19.6 Å². The van der Waals surface area contributed by atoms with Crippen LogP contribution < -0.4 is 5.32 Å². The normalized spacial score (nSPS) is 19.7. The van der Waals surface area contributed by atoms with Crippen LogP contribution in [0.15, 0.2) is 35.3 Å². The predicted octanol–water partition coefficient (Wildman–Crippen LogP) is 2.11. The Morgan fingerprint density at radius 2 is 2.20 bits per heavy atom. The van der Waals surface area contributed by atoms with Crippen LogP contribution in [0.1, 0.15) is 24.9 Å². The Morgan fingerprint density at radius 3 is 2.80 bits per heavy atom. The highest BCUT2D eigenvalue weighted by Crippen LogP contribution is 2.20. The van der Waals surface area contributed by atoms with Gasteiger partial charge in [-0.1, -0.05) is 37.3 Å². The number of nitrogens with zero attached hydrogens (tertiary/aromatic N) is 1. The fourth-order valence-corrected chi connectivity index (χ4v) is 1.66. The van der Waals surface area contributed by atoms with E-state index in [-0.39, 0.29) is 6.04 Å². The maximum Gasteiger partial charge on any atom is 0.285 e. The Morgan fingerprint density at radius 1 is 1.40 bits per heavy atom. The number of rotatable bonds is 3. The van der Waals surface area contributed by atoms with Crippen LogP contribution in [0.5, 0.6) is 0 Å². The van der Waals surface area contributed by atoms with E-state index >= 15 is 0 Å². The molecule has 80 valence electrons. The van der Waals surface area contributed by atoms with Crippen molar-refractivity contribution in [3.05, 3.63) is 35.9 Å². The van der Waals surface area contributed by atoms with Crippen LogP contribution in [-0.2, 0) is 4.74 Å². The first-order valence-corrected chi connectivity index (χ1v) is 5.39. The van der Waals surface area contributed by atoms with Crippen LogP contribution in [0.25, 0.3) is 0 Å². The lowest BCUT2D eigenvalue weighted by Crippen LogP contribution is -2.16. The van der Waals surface area contributed by atoms with Crippen molar-refractivity contribution in [3.63, 3.8) is 0 Å². The number of hydrogen-bond donors (Lipinski definition) is 1. The molecule has 1 aliphatic heterocycles. The van der Waals surface area contributed by atoms with Crippen molar-refractivity contribution in [2.24, 2.45) is 4.99 Å². The second-order valence-corrected chi connectivity index (χ2v) is 3.54. The maximum absolute atomic E-state index is 5.35. The van der Waals surface area contributed by atoms with Crippen LogP contribution in [0.4, 0.5) is 0 Å². The molecule has 1 atom stereocenters. The molecule has 0 radical (unpaired) electrons. The Bertz CT molecular complexity index is 327. The van der Waals surface area contributed by atoms with Gasteiger partial charge in [0.25, 0.3) is 6.02 Å². The Balaban J connectivity index is 2.14. The number of amidine groups is 1. The minimum absolute atomic E-state index is 0.201. The van der Waals surface area contributed by atoms with Gasteiger partial charge in [0.15, 0.2) is 0 Å². The van der Waals surface area contributed by atoms with Crippen molar-refractivity contribution < 1.29 is 4.74 Å². The molecule has 1 saturated heterocycles. The van der Waals surface area contributed by atoms with Crippen molar-refractivity contribution in [1.82, 2.24) is 5.32 Å². The zero-order valence-corrected chi connectivity index (χ0v) is 8.94. The van der Waals surface area contributed by atoms with Gasteiger partial charge in [-0.3, -0.25) is 0 Å². The van der Waals surface area contributed by atoms with Gasteiger partial charge in [0.05, 0.1) is 12.6 Å². The third-order valence-corrected chi connectivity index (χ3v) is 2.46. The number of aliphatic imine (C=N–C) groups is 1. The summed E-state index contributed by atoms with van der Waals surface area (Å²) in [4.78, 5) is 4.55. The highest BCUT2D eigenvalue weighted by Gasteiger charge is 2.12. The highest BCUT2D eigenvalue weighted by molar-refractivity contribution is 5.75. The standard InChI is InChI=1S/C12H16N2O/c1-2-11(10-6-4-3-5-7-10)14-12-13-8-9-15-12/h3-7,11H,2,8-9H2,1H3,(H,13,14). The summed E-state index contributed by atoms with van der Waals surface area (Å²) in [7, 11) is 0. The number of ether oxygens (including phenoxy) is 1. The molecule has 1 fully saturated rings. The molecule has 0 amide bonds. The summed E-state index contributed by atoms with van der Waals surface area (Å²) in [6.07, 6.45) is 0.985. The summed E-state index contributed by atoms with van der Waals surface area (Å²) in [6, 6.07) is 11.2. The molecule has 15 heavy (non-hydrogen) atoms. The van der Waals surface area contributed by atoms with Gasteiger partial charge in [-0.25, -0.2) is 4.99 Å². The molecule has 0 aliphatic carbocycles. The van der Waals surface area contributed by atoms with Gasteiger partial charge in [0.1, 0.15) is 6.61 Å². The Kier molecular flexibility index (Phi) is 3.22. The summed E-state index contributed by atoms with van der Waals surface area (Å²) in [5, 5.41) is 3.12. The largest absolute Gasteiger partial charge is 0.463 e. The summed E-state index contributed by atoms with van der Waals surface area (Å²) in [6.45, 7) is 3.73. The first-order chi connectivity index (χ1) is 7.40. The van der Waals surface area contributed by atoms with E-state index in [1.165, 1.54) is 5.56 Å². The molecule has 0 bridgehead atoms. The fourth-order valence-electron chi connectivity index (χ4n) is 1.66. The number of hydrogen-bond acceptors (Lipinski definition) is 2. The topological polar surface area (TPSA) is 33.6 Å². The van der Waals surface area contributed by atoms with E-state index in [1.54, 1.807) is 0 Å². The summed E-state index contributed by atoms with van der Waals surface area (Å²) < 4.78 is 5.35. The van der Waals surface area contributed by atoms with Gasteiger partial charge in [-0.05, 0) is 12.0 Å². The molecule has 1 aromatic rings. The Hall–Kier alpha value is -1.51. The average molecular weight is 204 g/mol. The lowest BCUT2D eigenvalue weighted by Gasteiger charge is -2.10. The minimum atomic E-state index is 0.201. The summed E-state index contributed by atoms with van der Waals surface area (Å²) in [5.74, 6) is 0. The van der Waals surface area contributed by atoms with E-state index in [2.05, 4.69) is 29.4 Å². The average Bonchev–Trinajstić information content (AvgIpc) is 2.80. The van der Waals surface area contributed by atoms with Crippen molar-refractivity contribution in [3.8, 4) is 0 Å². The molecule has 1 unspecified atom stereocenters. The monoisotopic (exact) mass is 204 g/mol. The molecule has 0 spiro atoms. The van der Waals surface area contributed by atoms with Crippen molar-refractivity contribution in [2.75, 3.05) is 13.2 Å². The minimum Gasteiger partial charge on any atom is -0.463 e. The molecule has 0 saturated carbocycles. The first-order valence-electron chi connectivity index (χ1n) is 5.39. The van der Waals surface area contributed by atoms with Gasteiger partial charge >= 0.3 is 0 Å². The van der Waals surface area contributed by atoms with Crippen molar-refractivity contribution >= 4 is 6.02 Å². The van der Waals surface area contributed by atoms with E-state index in [1.807, 2.05) is 18.2 Å². The number of nitrogens with one attached hydrogen (secondary N) is 1. The van der Waals surface area contributed by atoms with Gasteiger partial charge in [-0.15, -0.1) is 0 Å².